The number of nitrogens with zero attached hydrogens (tertiary/aromatic N) is 1. The van der Waals surface area contributed by atoms with Crippen LogP contribution >= 0.6 is 11.8 Å². The van der Waals surface area contributed by atoms with E-state index >= 15 is 0 Å². The van der Waals surface area contributed by atoms with Crippen LogP contribution in [0.3, 0.4) is 0 Å². The molecule has 1 aromatic carbocycles. The van der Waals surface area contributed by atoms with E-state index in [1.165, 1.54) is 36.1 Å². The topological polar surface area (TPSA) is 32.3 Å². The van der Waals surface area contributed by atoms with Crippen molar-refractivity contribution >= 4 is 17.7 Å². The fourth-order valence-electron chi connectivity index (χ4n) is 4.55. The van der Waals surface area contributed by atoms with Crippen LogP contribution in [0, 0.1) is 6.92 Å². The SMILES string of the molecule is Cc1ccc(SC2(C(=O)N3CCC4CCC(C3)N4)CCCC2)cc1. The largest absolute Gasteiger partial charge is 0.340 e. The highest BCUT2D eigenvalue weighted by Gasteiger charge is 2.45. The lowest BCUT2D eigenvalue weighted by Crippen LogP contribution is -2.48. The van der Waals surface area contributed by atoms with Crippen LogP contribution in [0.5, 0.6) is 0 Å². The molecule has 3 aliphatic rings. The van der Waals surface area contributed by atoms with E-state index in [-0.39, 0.29) is 4.75 Å². The summed E-state index contributed by atoms with van der Waals surface area (Å²) in [6.07, 6.45) is 8.06. The first kappa shape index (κ1) is 16.5. The maximum atomic E-state index is 13.5. The molecule has 4 heteroatoms. The lowest BCUT2D eigenvalue weighted by molar-refractivity contribution is -0.133. The summed E-state index contributed by atoms with van der Waals surface area (Å²) in [5, 5.41) is 3.70. The van der Waals surface area contributed by atoms with E-state index in [4.69, 9.17) is 0 Å². The van der Waals surface area contributed by atoms with Gasteiger partial charge in [-0.25, -0.2) is 0 Å². The van der Waals surface area contributed by atoms with Crippen molar-refractivity contribution in [1.82, 2.24) is 10.2 Å². The Bertz CT molecular complexity index is 594. The summed E-state index contributed by atoms with van der Waals surface area (Å²) in [5.74, 6) is 0.403. The molecule has 1 amide bonds. The monoisotopic (exact) mass is 344 g/mol. The number of likely N-dealkylation sites (tertiary alicyclic amines) is 1. The number of nitrogens with one attached hydrogen (secondary N) is 1. The van der Waals surface area contributed by atoms with Crippen molar-refractivity contribution < 1.29 is 4.79 Å². The fraction of sp³-hybridized carbons (Fsp3) is 0.650. The third-order valence-electron chi connectivity index (χ3n) is 5.95. The molecule has 4 rings (SSSR count). The van der Waals surface area contributed by atoms with Gasteiger partial charge >= 0.3 is 0 Å². The molecule has 2 unspecified atom stereocenters. The molecule has 2 saturated heterocycles. The Morgan fingerprint density at radius 1 is 1.12 bits per heavy atom. The van der Waals surface area contributed by atoms with E-state index in [0.717, 1.165) is 32.4 Å². The predicted octanol–water partition coefficient (Wildman–Crippen LogP) is 3.75. The highest BCUT2D eigenvalue weighted by Crippen LogP contribution is 2.47. The molecule has 1 aromatic rings. The van der Waals surface area contributed by atoms with Crippen molar-refractivity contribution in [3.63, 3.8) is 0 Å². The first-order valence-corrected chi connectivity index (χ1v) is 10.3. The molecular formula is C20H28N2OS. The summed E-state index contributed by atoms with van der Waals surface area (Å²) in [6.45, 7) is 3.96. The quantitative estimate of drug-likeness (QED) is 0.906. The number of fused-ring (bicyclic) bond motifs is 2. The number of rotatable bonds is 3. The van der Waals surface area contributed by atoms with Gasteiger partial charge in [-0.05, 0) is 51.2 Å². The van der Waals surface area contributed by atoms with Gasteiger partial charge in [0.25, 0.3) is 0 Å². The van der Waals surface area contributed by atoms with Gasteiger partial charge in [-0.1, -0.05) is 30.5 Å². The molecule has 0 radical (unpaired) electrons. The third-order valence-corrected chi connectivity index (χ3v) is 7.43. The number of hydrogen-bond donors (Lipinski definition) is 1. The minimum absolute atomic E-state index is 0.223. The van der Waals surface area contributed by atoms with Crippen LogP contribution in [0.25, 0.3) is 0 Å². The van der Waals surface area contributed by atoms with Crippen molar-refractivity contribution in [3.05, 3.63) is 29.8 Å². The van der Waals surface area contributed by atoms with Crippen LogP contribution in [0.15, 0.2) is 29.2 Å². The number of thioether (sulfide) groups is 1. The molecule has 130 valence electrons. The first-order valence-electron chi connectivity index (χ1n) is 9.46. The van der Waals surface area contributed by atoms with Gasteiger partial charge in [0.1, 0.15) is 0 Å². The van der Waals surface area contributed by atoms with Crippen molar-refractivity contribution in [2.24, 2.45) is 0 Å². The van der Waals surface area contributed by atoms with Gasteiger partial charge in [0, 0.05) is 30.1 Å². The molecule has 1 aliphatic carbocycles. The van der Waals surface area contributed by atoms with Gasteiger partial charge in [0.05, 0.1) is 4.75 Å². The smallest absolute Gasteiger partial charge is 0.239 e. The van der Waals surface area contributed by atoms with E-state index in [0.29, 0.717) is 18.0 Å². The lowest BCUT2D eigenvalue weighted by Gasteiger charge is -2.35. The average Bonchev–Trinajstić information content (AvgIpc) is 3.16. The third kappa shape index (κ3) is 3.23. The maximum absolute atomic E-state index is 13.5. The van der Waals surface area contributed by atoms with Crippen LogP contribution in [-0.4, -0.2) is 40.7 Å². The molecule has 24 heavy (non-hydrogen) atoms. The highest BCUT2D eigenvalue weighted by molar-refractivity contribution is 8.01. The standard InChI is InChI=1S/C20H28N2OS/c1-15-4-8-18(9-5-15)24-20(11-2-3-12-20)19(23)22-13-10-16-6-7-17(14-22)21-16/h4-5,8-9,16-17,21H,2-3,6-7,10-14H2,1H3. The normalized spacial score (nSPS) is 28.8. The van der Waals surface area contributed by atoms with Gasteiger partial charge in [0.2, 0.25) is 5.91 Å². The molecule has 3 fully saturated rings. The van der Waals surface area contributed by atoms with Crippen molar-refractivity contribution in [2.75, 3.05) is 13.1 Å². The van der Waals surface area contributed by atoms with Gasteiger partial charge < -0.3 is 10.2 Å². The zero-order chi connectivity index (χ0) is 16.6. The first-order chi connectivity index (χ1) is 11.6. The minimum atomic E-state index is -0.223. The molecular weight excluding hydrogens is 316 g/mol. The number of aryl methyl sites for hydroxylation is 1. The molecule has 3 nitrogen and oxygen atoms in total. The van der Waals surface area contributed by atoms with Crippen LogP contribution in [0.4, 0.5) is 0 Å². The summed E-state index contributed by atoms with van der Waals surface area (Å²) >= 11 is 1.82. The summed E-state index contributed by atoms with van der Waals surface area (Å²) in [4.78, 5) is 16.9. The van der Waals surface area contributed by atoms with Gasteiger partial charge in [-0.2, -0.15) is 0 Å². The number of hydrogen-bond acceptors (Lipinski definition) is 3. The second-order valence-corrected chi connectivity index (χ2v) is 9.25. The fourth-order valence-corrected chi connectivity index (χ4v) is 5.99. The van der Waals surface area contributed by atoms with E-state index in [9.17, 15) is 4.79 Å². The highest BCUT2D eigenvalue weighted by atomic mass is 32.2. The summed E-state index contributed by atoms with van der Waals surface area (Å²) in [5.41, 5.74) is 1.28. The van der Waals surface area contributed by atoms with Crippen molar-refractivity contribution in [2.45, 2.75) is 73.6 Å². The van der Waals surface area contributed by atoms with Crippen molar-refractivity contribution in [1.29, 1.82) is 0 Å². The Hall–Kier alpha value is -1.00. The van der Waals surface area contributed by atoms with Gasteiger partial charge in [0.15, 0.2) is 0 Å². The predicted molar refractivity (Wildman–Crippen MR) is 99.4 cm³/mol. The number of amides is 1. The zero-order valence-corrected chi connectivity index (χ0v) is 15.4. The number of carbonyl (C=O) groups excluding carboxylic acids is 1. The second-order valence-electron chi connectivity index (χ2n) is 7.79. The number of carbonyl (C=O) groups is 1. The summed E-state index contributed by atoms with van der Waals surface area (Å²) < 4.78 is -0.223. The van der Waals surface area contributed by atoms with E-state index in [1.54, 1.807) is 0 Å². The molecule has 0 spiro atoms. The van der Waals surface area contributed by atoms with E-state index < -0.39 is 0 Å². The molecule has 1 N–H and O–H groups in total. The van der Waals surface area contributed by atoms with E-state index in [2.05, 4.69) is 41.4 Å². The number of benzene rings is 1. The van der Waals surface area contributed by atoms with Gasteiger partial charge in [-0.3, -0.25) is 4.79 Å². The average molecular weight is 345 g/mol. The molecule has 1 saturated carbocycles. The van der Waals surface area contributed by atoms with E-state index in [1.807, 2.05) is 11.8 Å². The lowest BCUT2D eigenvalue weighted by atomic mass is 10.0. The van der Waals surface area contributed by atoms with Crippen LogP contribution in [0.2, 0.25) is 0 Å². The zero-order valence-electron chi connectivity index (χ0n) is 14.6. The van der Waals surface area contributed by atoms with Crippen molar-refractivity contribution in [3.8, 4) is 0 Å². The Labute approximate surface area is 149 Å². The molecule has 0 aromatic heterocycles. The van der Waals surface area contributed by atoms with Crippen LogP contribution < -0.4 is 5.32 Å². The Morgan fingerprint density at radius 2 is 1.83 bits per heavy atom. The minimum Gasteiger partial charge on any atom is -0.340 e. The molecule has 2 heterocycles. The summed E-state index contributed by atoms with van der Waals surface area (Å²) in [6, 6.07) is 9.83. The van der Waals surface area contributed by atoms with Gasteiger partial charge in [-0.15, -0.1) is 11.8 Å². The molecule has 2 atom stereocenters. The summed E-state index contributed by atoms with van der Waals surface area (Å²) in [7, 11) is 0. The maximum Gasteiger partial charge on any atom is 0.239 e. The second kappa shape index (κ2) is 6.72. The van der Waals surface area contributed by atoms with Crippen LogP contribution in [-0.2, 0) is 4.79 Å². The Kier molecular flexibility index (Phi) is 4.61. The Balaban J connectivity index is 1.53. The Morgan fingerprint density at radius 3 is 2.58 bits per heavy atom. The molecule has 2 bridgehead atoms. The molecule has 2 aliphatic heterocycles. The van der Waals surface area contributed by atoms with Crippen LogP contribution in [0.1, 0.15) is 50.5 Å².